The van der Waals surface area contributed by atoms with E-state index in [1.54, 1.807) is 6.08 Å². The van der Waals surface area contributed by atoms with Crippen molar-refractivity contribution in [3.05, 3.63) is 11.6 Å². The van der Waals surface area contributed by atoms with Crippen LogP contribution in [0.25, 0.3) is 0 Å². The minimum Gasteiger partial charge on any atom is -0.302 e. The highest BCUT2D eigenvalue weighted by atomic mass is 16.1. The van der Waals surface area contributed by atoms with Gasteiger partial charge in [-0.2, -0.15) is 0 Å². The van der Waals surface area contributed by atoms with Crippen molar-refractivity contribution in [2.45, 2.75) is 59.3 Å². The highest BCUT2D eigenvalue weighted by Gasteiger charge is 2.63. The number of fused-ring (bicyclic) bond motifs is 5. The molecule has 0 heterocycles. The van der Waals surface area contributed by atoms with E-state index in [0.717, 1.165) is 31.3 Å². The van der Waals surface area contributed by atoms with E-state index in [1.807, 2.05) is 0 Å². The van der Waals surface area contributed by atoms with Crippen LogP contribution < -0.4 is 0 Å². The SMILES string of the molecule is CC1CC2=CC(=O)CC(C)[C@]2(C=O)[C@H]2CC[C@]3(C)C(=O)CC[C@H]3[C@H]12. The summed E-state index contributed by atoms with van der Waals surface area (Å²) in [6, 6.07) is 0. The summed E-state index contributed by atoms with van der Waals surface area (Å²) in [6.45, 7) is 6.52. The van der Waals surface area contributed by atoms with Crippen molar-refractivity contribution >= 4 is 17.9 Å². The lowest BCUT2D eigenvalue weighted by Gasteiger charge is -2.59. The van der Waals surface area contributed by atoms with Gasteiger partial charge < -0.3 is 4.79 Å². The minimum atomic E-state index is -0.460. The van der Waals surface area contributed by atoms with Crippen LogP contribution in [0.3, 0.4) is 0 Å². The lowest BCUT2D eigenvalue weighted by Crippen LogP contribution is -2.57. The molecule has 7 atom stereocenters. The summed E-state index contributed by atoms with van der Waals surface area (Å²) in [6.07, 6.45) is 7.85. The van der Waals surface area contributed by atoms with Gasteiger partial charge in [-0.05, 0) is 61.3 Å². The van der Waals surface area contributed by atoms with Crippen LogP contribution in [0.4, 0.5) is 0 Å². The van der Waals surface area contributed by atoms with Gasteiger partial charge in [0.25, 0.3) is 0 Å². The van der Waals surface area contributed by atoms with Gasteiger partial charge in [-0.15, -0.1) is 0 Å². The van der Waals surface area contributed by atoms with E-state index >= 15 is 0 Å². The second-order valence-electron chi connectivity index (χ2n) is 9.18. The maximum absolute atomic E-state index is 12.5. The molecule has 0 bridgehead atoms. The van der Waals surface area contributed by atoms with Crippen molar-refractivity contribution < 1.29 is 14.4 Å². The Labute approximate surface area is 144 Å². The Hall–Kier alpha value is -1.25. The van der Waals surface area contributed by atoms with Crippen LogP contribution in [0, 0.1) is 40.4 Å². The number of aldehydes is 1. The Balaban J connectivity index is 1.82. The molecule has 0 spiro atoms. The van der Waals surface area contributed by atoms with Crippen LogP contribution in [0.5, 0.6) is 0 Å². The first-order valence-corrected chi connectivity index (χ1v) is 9.58. The standard InChI is InChI=1S/C21H28O3/c1-12-8-14-10-15(23)9-13(2)21(14,11-22)17-6-7-20(3)16(19(12)17)4-5-18(20)24/h10-13,16-17,19H,4-9H2,1-3H3/t12?,13?,16-,17-,19-,20-,21-/m0/s1. The molecule has 0 radical (unpaired) electrons. The third-order valence-corrected chi connectivity index (χ3v) is 8.26. The number of ketones is 2. The van der Waals surface area contributed by atoms with Gasteiger partial charge in [-0.3, -0.25) is 9.59 Å². The van der Waals surface area contributed by atoms with E-state index in [0.29, 0.717) is 42.3 Å². The molecule has 3 heteroatoms. The quantitative estimate of drug-likeness (QED) is 0.689. The molecule has 3 saturated carbocycles. The Bertz CT molecular complexity index is 647. The zero-order valence-corrected chi connectivity index (χ0v) is 15.0. The fourth-order valence-corrected chi connectivity index (χ4v) is 7.09. The lowest BCUT2D eigenvalue weighted by atomic mass is 9.43. The van der Waals surface area contributed by atoms with Gasteiger partial charge in [-0.25, -0.2) is 0 Å². The number of Topliss-reactive ketones (excluding diaryl/α,β-unsaturated/α-hetero) is 1. The predicted molar refractivity (Wildman–Crippen MR) is 91.2 cm³/mol. The Morgan fingerprint density at radius 3 is 2.58 bits per heavy atom. The minimum absolute atomic E-state index is 0.0870. The molecule has 3 fully saturated rings. The maximum atomic E-state index is 12.5. The van der Waals surface area contributed by atoms with E-state index in [2.05, 4.69) is 20.8 Å². The monoisotopic (exact) mass is 328 g/mol. The van der Waals surface area contributed by atoms with Crippen molar-refractivity contribution in [2.75, 3.05) is 0 Å². The summed E-state index contributed by atoms with van der Waals surface area (Å²) >= 11 is 0. The maximum Gasteiger partial charge on any atom is 0.155 e. The number of allylic oxidation sites excluding steroid dienone is 1. The average molecular weight is 328 g/mol. The Kier molecular flexibility index (Phi) is 3.47. The summed E-state index contributed by atoms with van der Waals surface area (Å²) in [7, 11) is 0. The molecule has 2 unspecified atom stereocenters. The van der Waals surface area contributed by atoms with Crippen molar-refractivity contribution in [2.24, 2.45) is 40.4 Å². The van der Waals surface area contributed by atoms with Crippen molar-refractivity contribution in [3.63, 3.8) is 0 Å². The molecular weight excluding hydrogens is 300 g/mol. The predicted octanol–water partition coefficient (Wildman–Crippen LogP) is 3.76. The van der Waals surface area contributed by atoms with Gasteiger partial charge in [0.1, 0.15) is 12.1 Å². The molecule has 0 aromatic carbocycles. The Morgan fingerprint density at radius 2 is 1.88 bits per heavy atom. The van der Waals surface area contributed by atoms with Gasteiger partial charge in [0.05, 0.1) is 5.41 Å². The third-order valence-electron chi connectivity index (χ3n) is 8.26. The van der Waals surface area contributed by atoms with Gasteiger partial charge in [0.15, 0.2) is 5.78 Å². The molecule has 0 saturated heterocycles. The summed E-state index contributed by atoms with van der Waals surface area (Å²) in [5, 5.41) is 0. The zero-order valence-electron chi connectivity index (χ0n) is 15.0. The fourth-order valence-electron chi connectivity index (χ4n) is 7.09. The van der Waals surface area contributed by atoms with Crippen LogP contribution in [0.2, 0.25) is 0 Å². The molecule has 130 valence electrons. The van der Waals surface area contributed by atoms with Gasteiger partial charge in [0, 0.05) is 18.3 Å². The molecule has 4 rings (SSSR count). The fraction of sp³-hybridized carbons (Fsp3) is 0.762. The van der Waals surface area contributed by atoms with E-state index < -0.39 is 5.41 Å². The van der Waals surface area contributed by atoms with Crippen molar-refractivity contribution in [1.82, 2.24) is 0 Å². The van der Waals surface area contributed by atoms with E-state index in [1.165, 1.54) is 6.29 Å². The zero-order chi connectivity index (χ0) is 17.3. The normalized spacial score (nSPS) is 50.6. The first kappa shape index (κ1) is 16.2. The molecule has 0 aromatic rings. The molecule has 24 heavy (non-hydrogen) atoms. The second kappa shape index (κ2) is 5.12. The summed E-state index contributed by atoms with van der Waals surface area (Å²) in [5.41, 5.74) is 0.454. The highest BCUT2D eigenvalue weighted by Crippen LogP contribution is 2.66. The van der Waals surface area contributed by atoms with Crippen LogP contribution in [-0.2, 0) is 14.4 Å². The first-order chi connectivity index (χ1) is 11.3. The van der Waals surface area contributed by atoms with Crippen LogP contribution in [0.15, 0.2) is 11.6 Å². The van der Waals surface area contributed by atoms with Gasteiger partial charge >= 0.3 is 0 Å². The molecule has 0 amide bonds. The largest absolute Gasteiger partial charge is 0.302 e. The second-order valence-corrected chi connectivity index (χ2v) is 9.18. The molecule has 3 nitrogen and oxygen atoms in total. The van der Waals surface area contributed by atoms with E-state index in [-0.39, 0.29) is 17.1 Å². The molecule has 0 aliphatic heterocycles. The molecule has 4 aliphatic rings. The Morgan fingerprint density at radius 1 is 1.12 bits per heavy atom. The van der Waals surface area contributed by atoms with E-state index in [9.17, 15) is 14.4 Å². The van der Waals surface area contributed by atoms with Crippen LogP contribution in [-0.4, -0.2) is 17.9 Å². The number of carbonyl (C=O) groups excluding carboxylic acids is 3. The van der Waals surface area contributed by atoms with Gasteiger partial charge in [-0.1, -0.05) is 26.3 Å². The topological polar surface area (TPSA) is 51.2 Å². The highest BCUT2D eigenvalue weighted by molar-refractivity contribution is 5.94. The molecule has 0 aromatic heterocycles. The first-order valence-electron chi connectivity index (χ1n) is 9.58. The lowest BCUT2D eigenvalue weighted by molar-refractivity contribution is -0.142. The summed E-state index contributed by atoms with van der Waals surface area (Å²) < 4.78 is 0. The molecule has 4 aliphatic carbocycles. The molecule has 0 N–H and O–H groups in total. The smallest absolute Gasteiger partial charge is 0.155 e. The van der Waals surface area contributed by atoms with Crippen LogP contribution >= 0.6 is 0 Å². The van der Waals surface area contributed by atoms with Crippen LogP contribution in [0.1, 0.15) is 59.3 Å². The van der Waals surface area contributed by atoms with Gasteiger partial charge in [0.2, 0.25) is 0 Å². The number of carbonyl (C=O) groups is 3. The van der Waals surface area contributed by atoms with Crippen molar-refractivity contribution in [1.29, 1.82) is 0 Å². The number of hydrogen-bond donors (Lipinski definition) is 0. The average Bonchev–Trinajstić information content (AvgIpc) is 2.82. The number of rotatable bonds is 1. The molecular formula is C21H28O3. The summed E-state index contributed by atoms with van der Waals surface area (Å²) in [4.78, 5) is 37.0. The third kappa shape index (κ3) is 1.82. The van der Waals surface area contributed by atoms with Crippen molar-refractivity contribution in [3.8, 4) is 0 Å². The summed E-state index contributed by atoms with van der Waals surface area (Å²) in [5.74, 6) is 2.31. The van der Waals surface area contributed by atoms with E-state index in [4.69, 9.17) is 0 Å². The number of hydrogen-bond acceptors (Lipinski definition) is 3.